The van der Waals surface area contributed by atoms with Gasteiger partial charge in [0.05, 0.1) is 17.8 Å². The highest BCUT2D eigenvalue weighted by atomic mass is 16.2. The SMILES string of the molecule is CCCc1[nH]ncc1C(=O)N1CCN(C)C(c2nccn2C)C1. The molecule has 0 radical (unpaired) electrons. The molecule has 1 amide bonds. The second-order valence-electron chi connectivity index (χ2n) is 6.16. The number of carbonyl (C=O) groups is 1. The summed E-state index contributed by atoms with van der Waals surface area (Å²) in [6.07, 6.45) is 7.23. The number of hydrogen-bond donors (Lipinski definition) is 1. The third-order valence-electron chi connectivity index (χ3n) is 4.54. The smallest absolute Gasteiger partial charge is 0.257 e. The lowest BCUT2D eigenvalue weighted by atomic mass is 10.1. The van der Waals surface area contributed by atoms with Crippen LogP contribution in [-0.4, -0.2) is 62.1 Å². The van der Waals surface area contributed by atoms with E-state index in [1.165, 1.54) is 0 Å². The number of imidazole rings is 1. The molecule has 3 rings (SSSR count). The maximum atomic E-state index is 12.9. The van der Waals surface area contributed by atoms with Gasteiger partial charge in [0.15, 0.2) is 0 Å². The zero-order valence-electron chi connectivity index (χ0n) is 14.0. The Hall–Kier alpha value is -2.15. The minimum absolute atomic E-state index is 0.0644. The van der Waals surface area contributed by atoms with E-state index in [1.54, 1.807) is 12.4 Å². The van der Waals surface area contributed by atoms with Gasteiger partial charge in [0, 0.05) is 44.8 Å². The van der Waals surface area contributed by atoms with Crippen molar-refractivity contribution in [2.45, 2.75) is 25.8 Å². The number of amides is 1. The Bertz CT molecular complexity index is 676. The van der Waals surface area contributed by atoms with Crippen molar-refractivity contribution in [2.24, 2.45) is 7.05 Å². The first kappa shape index (κ1) is 15.7. The Morgan fingerprint density at radius 2 is 2.22 bits per heavy atom. The molecule has 1 atom stereocenters. The monoisotopic (exact) mass is 316 g/mol. The van der Waals surface area contributed by atoms with Crippen LogP contribution in [0.2, 0.25) is 0 Å². The van der Waals surface area contributed by atoms with Crippen molar-refractivity contribution in [3.63, 3.8) is 0 Å². The first-order valence-corrected chi connectivity index (χ1v) is 8.10. The highest BCUT2D eigenvalue weighted by Gasteiger charge is 2.32. The van der Waals surface area contributed by atoms with Gasteiger partial charge in [-0.25, -0.2) is 4.98 Å². The zero-order valence-corrected chi connectivity index (χ0v) is 14.0. The van der Waals surface area contributed by atoms with E-state index in [4.69, 9.17) is 0 Å². The molecule has 1 aliphatic heterocycles. The van der Waals surface area contributed by atoms with Crippen LogP contribution in [0, 0.1) is 0 Å². The topological polar surface area (TPSA) is 70.1 Å². The summed E-state index contributed by atoms with van der Waals surface area (Å²) in [4.78, 5) is 21.5. The zero-order chi connectivity index (χ0) is 16.4. The lowest BCUT2D eigenvalue weighted by molar-refractivity contribution is 0.0528. The van der Waals surface area contributed by atoms with Crippen molar-refractivity contribution in [2.75, 3.05) is 26.7 Å². The van der Waals surface area contributed by atoms with E-state index in [0.29, 0.717) is 12.1 Å². The Kier molecular flexibility index (Phi) is 4.47. The van der Waals surface area contributed by atoms with Crippen molar-refractivity contribution in [3.05, 3.63) is 35.7 Å². The number of likely N-dealkylation sites (N-methyl/N-ethyl adjacent to an activating group) is 1. The Balaban J connectivity index is 1.79. The van der Waals surface area contributed by atoms with Crippen LogP contribution in [0.3, 0.4) is 0 Å². The summed E-state index contributed by atoms with van der Waals surface area (Å²) in [7, 11) is 4.08. The summed E-state index contributed by atoms with van der Waals surface area (Å²) in [5.74, 6) is 1.06. The third-order valence-corrected chi connectivity index (χ3v) is 4.54. The number of hydrogen-bond acceptors (Lipinski definition) is 4. The lowest BCUT2D eigenvalue weighted by Gasteiger charge is -2.39. The van der Waals surface area contributed by atoms with Gasteiger partial charge in [-0.05, 0) is 13.5 Å². The Morgan fingerprint density at radius 1 is 1.39 bits per heavy atom. The van der Waals surface area contributed by atoms with E-state index < -0.39 is 0 Å². The second-order valence-corrected chi connectivity index (χ2v) is 6.16. The van der Waals surface area contributed by atoms with E-state index in [2.05, 4.69) is 34.1 Å². The number of H-pyrrole nitrogens is 1. The van der Waals surface area contributed by atoms with Crippen LogP contribution in [-0.2, 0) is 13.5 Å². The largest absolute Gasteiger partial charge is 0.337 e. The number of aromatic nitrogens is 4. The van der Waals surface area contributed by atoms with Gasteiger partial charge in [-0.1, -0.05) is 13.3 Å². The maximum absolute atomic E-state index is 12.9. The summed E-state index contributed by atoms with van der Waals surface area (Å²) in [5, 5.41) is 7.01. The van der Waals surface area contributed by atoms with E-state index in [1.807, 2.05) is 22.7 Å². The summed E-state index contributed by atoms with van der Waals surface area (Å²) in [5.41, 5.74) is 1.64. The molecule has 7 heteroatoms. The minimum Gasteiger partial charge on any atom is -0.337 e. The summed E-state index contributed by atoms with van der Waals surface area (Å²) in [6.45, 7) is 4.32. The average Bonchev–Trinajstić information content (AvgIpc) is 3.17. The molecule has 1 aliphatic rings. The summed E-state index contributed by atoms with van der Waals surface area (Å²) >= 11 is 0. The van der Waals surface area contributed by atoms with Gasteiger partial charge in [-0.3, -0.25) is 14.8 Å². The molecule has 7 nitrogen and oxygen atoms in total. The van der Waals surface area contributed by atoms with Crippen molar-refractivity contribution in [1.82, 2.24) is 29.5 Å². The van der Waals surface area contributed by atoms with Gasteiger partial charge < -0.3 is 9.47 Å². The van der Waals surface area contributed by atoms with Gasteiger partial charge >= 0.3 is 0 Å². The molecule has 1 unspecified atom stereocenters. The number of aromatic amines is 1. The first-order valence-electron chi connectivity index (χ1n) is 8.10. The average molecular weight is 316 g/mol. The number of aryl methyl sites for hydroxylation is 2. The van der Waals surface area contributed by atoms with Crippen molar-refractivity contribution >= 4 is 5.91 Å². The number of piperazine rings is 1. The molecule has 3 heterocycles. The predicted octanol–water partition coefficient (Wildman–Crippen LogP) is 1.22. The molecule has 23 heavy (non-hydrogen) atoms. The standard InChI is InChI=1S/C16H24N6O/c1-4-5-13-12(10-18-19-13)16(23)22-9-8-20(2)14(11-22)15-17-6-7-21(15)3/h6-7,10,14H,4-5,8-9,11H2,1-3H3,(H,18,19). The third kappa shape index (κ3) is 3.01. The molecule has 124 valence electrons. The lowest BCUT2D eigenvalue weighted by Crippen LogP contribution is -2.49. The first-order chi connectivity index (χ1) is 11.1. The number of rotatable bonds is 4. The molecule has 0 aromatic carbocycles. The molecule has 0 spiro atoms. The van der Waals surface area contributed by atoms with Crippen LogP contribution in [0.15, 0.2) is 18.6 Å². The van der Waals surface area contributed by atoms with Gasteiger partial charge in [0.2, 0.25) is 0 Å². The summed E-state index contributed by atoms with van der Waals surface area (Å²) < 4.78 is 2.02. The quantitative estimate of drug-likeness (QED) is 0.921. The number of carbonyl (C=O) groups excluding carboxylic acids is 1. The Labute approximate surface area is 136 Å². The van der Waals surface area contributed by atoms with Crippen LogP contribution < -0.4 is 0 Å². The molecule has 2 aromatic rings. The Morgan fingerprint density at radius 3 is 2.91 bits per heavy atom. The maximum Gasteiger partial charge on any atom is 0.257 e. The minimum atomic E-state index is 0.0644. The summed E-state index contributed by atoms with van der Waals surface area (Å²) in [6, 6.07) is 0.120. The van der Waals surface area contributed by atoms with E-state index in [-0.39, 0.29) is 11.9 Å². The normalized spacial score (nSPS) is 19.3. The van der Waals surface area contributed by atoms with Crippen LogP contribution in [0.5, 0.6) is 0 Å². The number of nitrogens with one attached hydrogen (secondary N) is 1. The molecule has 1 N–H and O–H groups in total. The van der Waals surface area contributed by atoms with E-state index in [9.17, 15) is 4.79 Å². The molecular weight excluding hydrogens is 292 g/mol. The van der Waals surface area contributed by atoms with Crippen LogP contribution in [0.25, 0.3) is 0 Å². The fourth-order valence-electron chi connectivity index (χ4n) is 3.14. The van der Waals surface area contributed by atoms with Crippen molar-refractivity contribution < 1.29 is 4.79 Å². The highest BCUT2D eigenvalue weighted by Crippen LogP contribution is 2.24. The second kappa shape index (κ2) is 6.54. The molecule has 0 saturated carbocycles. The van der Waals surface area contributed by atoms with Crippen LogP contribution in [0.1, 0.15) is 41.3 Å². The van der Waals surface area contributed by atoms with E-state index in [0.717, 1.165) is 37.4 Å². The molecule has 0 aliphatic carbocycles. The van der Waals surface area contributed by atoms with Gasteiger partial charge in [0.1, 0.15) is 5.82 Å². The van der Waals surface area contributed by atoms with Crippen molar-refractivity contribution in [3.8, 4) is 0 Å². The van der Waals surface area contributed by atoms with Crippen LogP contribution in [0.4, 0.5) is 0 Å². The molecule has 2 aromatic heterocycles. The molecular formula is C16H24N6O. The van der Waals surface area contributed by atoms with Crippen molar-refractivity contribution in [1.29, 1.82) is 0 Å². The van der Waals surface area contributed by atoms with Gasteiger partial charge in [-0.2, -0.15) is 5.10 Å². The predicted molar refractivity (Wildman–Crippen MR) is 87.1 cm³/mol. The van der Waals surface area contributed by atoms with E-state index >= 15 is 0 Å². The fourth-order valence-corrected chi connectivity index (χ4v) is 3.14. The number of nitrogens with zero attached hydrogens (tertiary/aromatic N) is 5. The van der Waals surface area contributed by atoms with Gasteiger partial charge in [0.25, 0.3) is 5.91 Å². The highest BCUT2D eigenvalue weighted by molar-refractivity contribution is 5.95. The fraction of sp³-hybridized carbons (Fsp3) is 0.562. The van der Waals surface area contributed by atoms with Gasteiger partial charge in [-0.15, -0.1) is 0 Å². The molecule has 0 bridgehead atoms. The molecule has 1 fully saturated rings. The van der Waals surface area contributed by atoms with Crippen LogP contribution >= 0.6 is 0 Å². The molecule has 1 saturated heterocycles.